The van der Waals surface area contributed by atoms with Gasteiger partial charge in [-0.3, -0.25) is 9.89 Å². The molecule has 1 aromatic carbocycles. The number of para-hydroxylation sites is 1. The minimum absolute atomic E-state index is 0.0564. The van der Waals surface area contributed by atoms with Crippen LogP contribution in [0.2, 0.25) is 0 Å². The summed E-state index contributed by atoms with van der Waals surface area (Å²) in [6, 6.07) is 7.51. The van der Waals surface area contributed by atoms with Crippen molar-refractivity contribution in [1.82, 2.24) is 20.5 Å². The number of nitrogens with one attached hydrogen (secondary N) is 3. The monoisotopic (exact) mass is 273 g/mol. The fraction of sp³-hybridized carbons (Fsp3) is 0.357. The number of anilines is 1. The van der Waals surface area contributed by atoms with Crippen molar-refractivity contribution in [1.29, 1.82) is 0 Å². The number of H-pyrrole nitrogens is 1. The lowest BCUT2D eigenvalue weighted by Gasteiger charge is -2.10. The highest BCUT2D eigenvalue weighted by Gasteiger charge is 2.09. The van der Waals surface area contributed by atoms with Crippen LogP contribution in [0.5, 0.6) is 0 Å². The van der Waals surface area contributed by atoms with Crippen LogP contribution < -0.4 is 10.6 Å². The topological polar surface area (TPSA) is 82.7 Å². The Morgan fingerprint density at radius 2 is 2.20 bits per heavy atom. The summed E-state index contributed by atoms with van der Waals surface area (Å²) in [6.07, 6.45) is 3.08. The van der Waals surface area contributed by atoms with E-state index in [4.69, 9.17) is 0 Å². The molecule has 0 saturated carbocycles. The molecule has 2 rings (SSSR count). The Bertz CT molecular complexity index is 538. The van der Waals surface area contributed by atoms with Crippen molar-refractivity contribution in [2.75, 3.05) is 18.4 Å². The quantitative estimate of drug-likeness (QED) is 0.669. The van der Waals surface area contributed by atoms with E-state index in [2.05, 4.69) is 25.8 Å². The lowest BCUT2D eigenvalue weighted by molar-refractivity contribution is 0.0954. The molecule has 1 amide bonds. The van der Waals surface area contributed by atoms with Crippen LogP contribution in [0.4, 0.5) is 5.69 Å². The van der Waals surface area contributed by atoms with Crippen molar-refractivity contribution in [2.24, 2.45) is 0 Å². The van der Waals surface area contributed by atoms with E-state index in [0.29, 0.717) is 12.1 Å². The smallest absolute Gasteiger partial charge is 0.253 e. The number of aromatic nitrogens is 3. The lowest BCUT2D eigenvalue weighted by Crippen LogP contribution is -2.25. The molecule has 0 atom stereocenters. The number of carbonyl (C=O) groups excluding carboxylic acids is 1. The van der Waals surface area contributed by atoms with Crippen LogP contribution in [0, 0.1) is 0 Å². The molecular weight excluding hydrogens is 254 g/mol. The summed E-state index contributed by atoms with van der Waals surface area (Å²) in [6.45, 7) is 3.40. The first-order valence-electron chi connectivity index (χ1n) is 6.76. The van der Waals surface area contributed by atoms with Gasteiger partial charge in [-0.05, 0) is 25.5 Å². The third-order valence-corrected chi connectivity index (χ3v) is 2.88. The van der Waals surface area contributed by atoms with E-state index in [0.717, 1.165) is 30.9 Å². The molecule has 0 aliphatic heterocycles. The van der Waals surface area contributed by atoms with Gasteiger partial charge in [0.15, 0.2) is 0 Å². The first-order valence-corrected chi connectivity index (χ1v) is 6.76. The number of aromatic amines is 1. The van der Waals surface area contributed by atoms with Gasteiger partial charge < -0.3 is 10.6 Å². The molecule has 0 bridgehead atoms. The van der Waals surface area contributed by atoms with E-state index in [1.807, 2.05) is 31.2 Å². The number of hydrogen-bond acceptors (Lipinski definition) is 4. The number of aryl methyl sites for hydroxylation is 1. The SMILES string of the molecule is CCNc1ccccc1C(=O)NCCCc1ncn[nH]1. The maximum absolute atomic E-state index is 12.1. The van der Waals surface area contributed by atoms with Gasteiger partial charge in [-0.2, -0.15) is 5.10 Å². The Morgan fingerprint density at radius 3 is 2.95 bits per heavy atom. The highest BCUT2D eigenvalue weighted by atomic mass is 16.1. The highest BCUT2D eigenvalue weighted by Crippen LogP contribution is 2.14. The van der Waals surface area contributed by atoms with Crippen LogP contribution in [0.3, 0.4) is 0 Å². The number of carbonyl (C=O) groups is 1. The van der Waals surface area contributed by atoms with Crippen LogP contribution in [0.1, 0.15) is 29.5 Å². The zero-order valence-electron chi connectivity index (χ0n) is 11.5. The number of nitrogens with zero attached hydrogens (tertiary/aromatic N) is 2. The second-order valence-corrected chi connectivity index (χ2v) is 4.37. The van der Waals surface area contributed by atoms with Crippen LogP contribution in [-0.2, 0) is 6.42 Å². The summed E-state index contributed by atoms with van der Waals surface area (Å²) >= 11 is 0. The minimum Gasteiger partial charge on any atom is -0.385 e. The van der Waals surface area contributed by atoms with E-state index in [9.17, 15) is 4.79 Å². The first-order chi connectivity index (χ1) is 9.81. The molecule has 0 radical (unpaired) electrons. The molecule has 0 aliphatic carbocycles. The summed E-state index contributed by atoms with van der Waals surface area (Å²) < 4.78 is 0. The highest BCUT2D eigenvalue weighted by molar-refractivity contribution is 5.99. The fourth-order valence-corrected chi connectivity index (χ4v) is 1.93. The van der Waals surface area contributed by atoms with Crippen molar-refractivity contribution in [3.63, 3.8) is 0 Å². The summed E-state index contributed by atoms with van der Waals surface area (Å²) in [4.78, 5) is 16.2. The number of benzene rings is 1. The van der Waals surface area contributed by atoms with Gasteiger partial charge in [0.25, 0.3) is 5.91 Å². The largest absolute Gasteiger partial charge is 0.385 e. The second-order valence-electron chi connectivity index (χ2n) is 4.37. The molecule has 2 aromatic rings. The van der Waals surface area contributed by atoms with E-state index in [-0.39, 0.29) is 5.91 Å². The molecule has 3 N–H and O–H groups in total. The number of hydrogen-bond donors (Lipinski definition) is 3. The Labute approximate surface area is 118 Å². The lowest BCUT2D eigenvalue weighted by atomic mass is 10.1. The molecule has 0 aliphatic rings. The van der Waals surface area contributed by atoms with Gasteiger partial charge in [0.1, 0.15) is 12.2 Å². The fourth-order valence-electron chi connectivity index (χ4n) is 1.93. The average molecular weight is 273 g/mol. The van der Waals surface area contributed by atoms with E-state index in [1.165, 1.54) is 6.33 Å². The molecule has 106 valence electrons. The van der Waals surface area contributed by atoms with Crippen LogP contribution in [0.25, 0.3) is 0 Å². The third kappa shape index (κ3) is 3.81. The molecule has 1 aromatic heterocycles. The van der Waals surface area contributed by atoms with E-state index >= 15 is 0 Å². The molecule has 0 unspecified atom stereocenters. The first kappa shape index (κ1) is 14.0. The van der Waals surface area contributed by atoms with Crippen molar-refractivity contribution in [3.05, 3.63) is 42.0 Å². The Hall–Kier alpha value is -2.37. The number of rotatable bonds is 7. The van der Waals surface area contributed by atoms with Gasteiger partial charge in [-0.15, -0.1) is 0 Å². The zero-order chi connectivity index (χ0) is 14.2. The Kier molecular flexibility index (Phi) is 5.11. The second kappa shape index (κ2) is 7.28. The van der Waals surface area contributed by atoms with Gasteiger partial charge in [0, 0.05) is 25.2 Å². The van der Waals surface area contributed by atoms with Crippen molar-refractivity contribution in [2.45, 2.75) is 19.8 Å². The van der Waals surface area contributed by atoms with Gasteiger partial charge in [-0.25, -0.2) is 4.98 Å². The summed E-state index contributed by atoms with van der Waals surface area (Å²) in [5, 5.41) is 12.7. The van der Waals surface area contributed by atoms with Gasteiger partial charge in [0.05, 0.1) is 5.56 Å². The minimum atomic E-state index is -0.0564. The Balaban J connectivity index is 1.82. The van der Waals surface area contributed by atoms with Crippen LogP contribution in [0.15, 0.2) is 30.6 Å². The predicted octanol–water partition coefficient (Wildman–Crippen LogP) is 1.60. The number of amides is 1. The summed E-state index contributed by atoms with van der Waals surface area (Å²) in [5.41, 5.74) is 1.54. The maximum Gasteiger partial charge on any atom is 0.253 e. The van der Waals surface area contributed by atoms with Gasteiger partial charge in [0.2, 0.25) is 0 Å². The van der Waals surface area contributed by atoms with Crippen molar-refractivity contribution < 1.29 is 4.79 Å². The zero-order valence-corrected chi connectivity index (χ0v) is 11.5. The molecule has 20 heavy (non-hydrogen) atoms. The molecule has 6 nitrogen and oxygen atoms in total. The van der Waals surface area contributed by atoms with E-state index in [1.54, 1.807) is 0 Å². The van der Waals surface area contributed by atoms with Gasteiger partial charge >= 0.3 is 0 Å². The predicted molar refractivity (Wildman–Crippen MR) is 77.6 cm³/mol. The van der Waals surface area contributed by atoms with Crippen LogP contribution >= 0.6 is 0 Å². The summed E-state index contributed by atoms with van der Waals surface area (Å²) in [7, 11) is 0. The normalized spacial score (nSPS) is 10.2. The molecule has 6 heteroatoms. The third-order valence-electron chi connectivity index (χ3n) is 2.88. The average Bonchev–Trinajstić information content (AvgIpc) is 2.97. The standard InChI is InChI=1S/C14H19N5O/c1-2-15-12-7-4-3-6-11(12)14(20)16-9-5-8-13-17-10-18-19-13/h3-4,6-7,10,15H,2,5,8-9H2,1H3,(H,16,20)(H,17,18,19). The maximum atomic E-state index is 12.1. The molecule has 0 saturated heterocycles. The van der Waals surface area contributed by atoms with Gasteiger partial charge in [-0.1, -0.05) is 12.1 Å². The van der Waals surface area contributed by atoms with Crippen LogP contribution in [-0.4, -0.2) is 34.2 Å². The molecular formula is C14H19N5O. The van der Waals surface area contributed by atoms with E-state index < -0.39 is 0 Å². The van der Waals surface area contributed by atoms with Crippen molar-refractivity contribution >= 4 is 11.6 Å². The molecule has 1 heterocycles. The van der Waals surface area contributed by atoms with Crippen molar-refractivity contribution in [3.8, 4) is 0 Å². The summed E-state index contributed by atoms with van der Waals surface area (Å²) in [5.74, 6) is 0.784. The Morgan fingerprint density at radius 1 is 1.35 bits per heavy atom. The molecule has 0 spiro atoms. The molecule has 0 fully saturated rings.